The van der Waals surface area contributed by atoms with Gasteiger partial charge in [0.2, 0.25) is 6.79 Å². The maximum Gasteiger partial charge on any atom is 0.231 e. The van der Waals surface area contributed by atoms with Gasteiger partial charge in [0.05, 0.1) is 25.3 Å². The molecule has 0 radical (unpaired) electrons. The Balaban J connectivity index is 1.47. The summed E-state index contributed by atoms with van der Waals surface area (Å²) < 4.78 is 16.6. The lowest BCUT2D eigenvalue weighted by molar-refractivity contribution is 0.0223. The zero-order chi connectivity index (χ0) is 18.1. The number of hydrogen-bond donors (Lipinski definition) is 0. The number of hydrogen-bond acceptors (Lipinski definition) is 7. The van der Waals surface area contributed by atoms with Crippen LogP contribution in [0.15, 0.2) is 18.2 Å². The zero-order valence-corrected chi connectivity index (χ0v) is 15.4. The molecule has 144 valence electrons. The smallest absolute Gasteiger partial charge is 0.231 e. The van der Waals surface area contributed by atoms with Gasteiger partial charge in [0.1, 0.15) is 0 Å². The molecule has 5 rings (SSSR count). The van der Waals surface area contributed by atoms with Gasteiger partial charge in [-0.05, 0) is 35.8 Å². The number of nitrogens with zero attached hydrogens (tertiary/aromatic N) is 5. The van der Waals surface area contributed by atoms with E-state index in [2.05, 4.69) is 21.3 Å². The number of aromatic nitrogens is 4. The topological polar surface area (TPSA) is 74.5 Å². The minimum Gasteiger partial charge on any atom is -0.454 e. The van der Waals surface area contributed by atoms with Crippen molar-refractivity contribution in [3.63, 3.8) is 0 Å². The molecule has 1 unspecified atom stereocenters. The molecule has 8 heteroatoms. The summed E-state index contributed by atoms with van der Waals surface area (Å²) in [7, 11) is 0. The molecule has 1 saturated carbocycles. The lowest BCUT2D eigenvalue weighted by Crippen LogP contribution is -2.40. The molecule has 8 nitrogen and oxygen atoms in total. The first-order chi connectivity index (χ1) is 13.4. The summed E-state index contributed by atoms with van der Waals surface area (Å²) in [6, 6.07) is 6.41. The first-order valence-corrected chi connectivity index (χ1v) is 9.89. The van der Waals surface area contributed by atoms with Crippen molar-refractivity contribution in [2.45, 2.75) is 44.2 Å². The number of morpholine rings is 1. The average Bonchev–Trinajstić information content (AvgIpc) is 3.39. The van der Waals surface area contributed by atoms with Gasteiger partial charge in [0.25, 0.3) is 0 Å². The third kappa shape index (κ3) is 3.39. The SMILES string of the molecule is c1cc2c(cc1C(c1nnn(C3CCCCC3)n1)N1CCOCC1)OCO2. The van der Waals surface area contributed by atoms with Crippen molar-refractivity contribution in [1.29, 1.82) is 0 Å². The largest absolute Gasteiger partial charge is 0.454 e. The molecule has 3 aliphatic rings. The lowest BCUT2D eigenvalue weighted by atomic mass is 9.96. The summed E-state index contributed by atoms with van der Waals surface area (Å²) in [6.45, 7) is 3.40. The number of fused-ring (bicyclic) bond motifs is 1. The Morgan fingerprint density at radius 2 is 1.81 bits per heavy atom. The van der Waals surface area contributed by atoms with Crippen molar-refractivity contribution in [1.82, 2.24) is 25.1 Å². The number of rotatable bonds is 4. The highest BCUT2D eigenvalue weighted by atomic mass is 16.7. The first-order valence-electron chi connectivity index (χ1n) is 9.89. The van der Waals surface area contributed by atoms with Crippen LogP contribution in [-0.2, 0) is 4.74 Å². The van der Waals surface area contributed by atoms with E-state index < -0.39 is 0 Å². The molecule has 1 atom stereocenters. The fourth-order valence-corrected chi connectivity index (χ4v) is 4.25. The average molecular weight is 371 g/mol. The second-order valence-corrected chi connectivity index (χ2v) is 7.42. The van der Waals surface area contributed by atoms with Crippen LogP contribution in [0, 0.1) is 0 Å². The van der Waals surface area contributed by atoms with E-state index in [4.69, 9.17) is 19.3 Å². The molecule has 2 fully saturated rings. The van der Waals surface area contributed by atoms with E-state index in [1.165, 1.54) is 19.3 Å². The van der Waals surface area contributed by atoms with Crippen LogP contribution in [0.3, 0.4) is 0 Å². The molecular weight excluding hydrogens is 346 g/mol. The van der Waals surface area contributed by atoms with E-state index in [-0.39, 0.29) is 12.8 Å². The van der Waals surface area contributed by atoms with E-state index in [9.17, 15) is 0 Å². The molecule has 0 amide bonds. The van der Waals surface area contributed by atoms with Crippen molar-refractivity contribution in [3.05, 3.63) is 29.6 Å². The van der Waals surface area contributed by atoms with Crippen molar-refractivity contribution < 1.29 is 14.2 Å². The Morgan fingerprint density at radius 1 is 1.00 bits per heavy atom. The van der Waals surface area contributed by atoms with E-state index in [1.54, 1.807) is 0 Å². The van der Waals surface area contributed by atoms with Crippen LogP contribution in [0.1, 0.15) is 55.6 Å². The van der Waals surface area contributed by atoms with Crippen LogP contribution >= 0.6 is 0 Å². The number of benzene rings is 1. The summed E-state index contributed by atoms with van der Waals surface area (Å²) >= 11 is 0. The molecule has 1 aromatic carbocycles. The van der Waals surface area contributed by atoms with Crippen molar-refractivity contribution in [2.24, 2.45) is 0 Å². The van der Waals surface area contributed by atoms with E-state index in [0.29, 0.717) is 6.04 Å². The maximum absolute atomic E-state index is 5.59. The number of ether oxygens (including phenoxy) is 3. The molecule has 1 aliphatic carbocycles. The maximum atomic E-state index is 5.59. The van der Waals surface area contributed by atoms with Crippen molar-refractivity contribution in [2.75, 3.05) is 33.1 Å². The predicted octanol–water partition coefficient (Wildman–Crippen LogP) is 2.33. The van der Waals surface area contributed by atoms with Crippen LogP contribution in [0.25, 0.3) is 0 Å². The minimum absolute atomic E-state index is 0.0549. The fraction of sp³-hybridized carbons (Fsp3) is 0.632. The Morgan fingerprint density at radius 3 is 2.67 bits per heavy atom. The molecule has 27 heavy (non-hydrogen) atoms. The van der Waals surface area contributed by atoms with Gasteiger partial charge in [0.15, 0.2) is 17.3 Å². The second kappa shape index (κ2) is 7.44. The molecule has 0 N–H and O–H groups in total. The zero-order valence-electron chi connectivity index (χ0n) is 15.4. The van der Waals surface area contributed by atoms with Crippen LogP contribution in [0.4, 0.5) is 0 Å². The first kappa shape index (κ1) is 16.9. The van der Waals surface area contributed by atoms with Gasteiger partial charge in [-0.2, -0.15) is 4.80 Å². The number of tetrazole rings is 1. The summed E-state index contributed by atoms with van der Waals surface area (Å²) in [5, 5.41) is 13.7. The highest BCUT2D eigenvalue weighted by molar-refractivity contribution is 5.46. The predicted molar refractivity (Wildman–Crippen MR) is 96.7 cm³/mol. The van der Waals surface area contributed by atoms with Gasteiger partial charge in [-0.1, -0.05) is 25.3 Å². The van der Waals surface area contributed by atoms with Crippen molar-refractivity contribution >= 4 is 0 Å². The molecule has 2 aliphatic heterocycles. The molecular formula is C19H25N5O3. The van der Waals surface area contributed by atoms with Crippen LogP contribution in [-0.4, -0.2) is 58.2 Å². The van der Waals surface area contributed by atoms with E-state index >= 15 is 0 Å². The Kier molecular flexibility index (Phi) is 4.67. The summed E-state index contributed by atoms with van der Waals surface area (Å²) in [6.07, 6.45) is 6.09. The highest BCUT2D eigenvalue weighted by Gasteiger charge is 2.30. The van der Waals surface area contributed by atoms with Crippen LogP contribution in [0.5, 0.6) is 11.5 Å². The summed E-state index contributed by atoms with van der Waals surface area (Å²) in [5.41, 5.74) is 1.10. The van der Waals surface area contributed by atoms with Gasteiger partial charge in [-0.25, -0.2) is 0 Å². The Labute approximate surface area is 158 Å². The minimum atomic E-state index is -0.0549. The summed E-state index contributed by atoms with van der Waals surface area (Å²) in [4.78, 5) is 4.21. The quantitative estimate of drug-likeness (QED) is 0.816. The molecule has 1 saturated heterocycles. The second-order valence-electron chi connectivity index (χ2n) is 7.42. The lowest BCUT2D eigenvalue weighted by Gasteiger charge is -2.33. The third-order valence-corrected chi connectivity index (χ3v) is 5.71. The van der Waals surface area contributed by atoms with E-state index in [1.807, 2.05) is 16.9 Å². The molecule has 1 aromatic heterocycles. The normalized spacial score (nSPS) is 22.1. The molecule has 0 bridgehead atoms. The van der Waals surface area contributed by atoms with Gasteiger partial charge in [-0.3, -0.25) is 4.90 Å². The Hall–Kier alpha value is -2.19. The van der Waals surface area contributed by atoms with Gasteiger partial charge < -0.3 is 14.2 Å². The van der Waals surface area contributed by atoms with Gasteiger partial charge in [-0.15, -0.1) is 10.2 Å². The van der Waals surface area contributed by atoms with Crippen LogP contribution < -0.4 is 9.47 Å². The van der Waals surface area contributed by atoms with Gasteiger partial charge in [0, 0.05) is 13.1 Å². The van der Waals surface area contributed by atoms with E-state index in [0.717, 1.165) is 62.0 Å². The van der Waals surface area contributed by atoms with Gasteiger partial charge >= 0.3 is 0 Å². The van der Waals surface area contributed by atoms with Crippen molar-refractivity contribution in [3.8, 4) is 11.5 Å². The third-order valence-electron chi connectivity index (χ3n) is 5.71. The highest BCUT2D eigenvalue weighted by Crippen LogP contribution is 2.37. The fourth-order valence-electron chi connectivity index (χ4n) is 4.25. The molecule has 3 heterocycles. The Bertz CT molecular complexity index is 783. The summed E-state index contributed by atoms with van der Waals surface area (Å²) in [5.74, 6) is 2.32. The standard InChI is InChI=1S/C19H25N5O3/c1-2-4-15(5-3-1)24-21-19(20-22-24)18(23-8-10-25-11-9-23)14-6-7-16-17(12-14)27-13-26-16/h6-7,12,15,18H,1-5,8-11,13H2. The monoisotopic (exact) mass is 371 g/mol. The van der Waals surface area contributed by atoms with Crippen LogP contribution in [0.2, 0.25) is 0 Å². The molecule has 2 aromatic rings. The molecule has 0 spiro atoms.